The molecule has 1 atom stereocenters. The first-order chi connectivity index (χ1) is 18.6. The molecule has 3 aromatic carbocycles. The van der Waals surface area contributed by atoms with Crippen LogP contribution in [-0.4, -0.2) is 42.1 Å². The Labute approximate surface area is 224 Å². The molecule has 0 aliphatic carbocycles. The van der Waals surface area contributed by atoms with E-state index in [0.29, 0.717) is 44.6 Å². The van der Waals surface area contributed by atoms with Crippen LogP contribution in [0.1, 0.15) is 36.5 Å². The molecule has 39 heavy (non-hydrogen) atoms. The molecule has 3 aromatic rings. The Morgan fingerprint density at radius 1 is 0.974 bits per heavy atom. The van der Waals surface area contributed by atoms with E-state index in [0.717, 1.165) is 29.8 Å². The molecule has 0 saturated carbocycles. The molecular formula is C30H29F4N3O2. The third-order valence-corrected chi connectivity index (χ3v) is 7.43. The van der Waals surface area contributed by atoms with Gasteiger partial charge in [-0.05, 0) is 61.7 Å². The SMILES string of the molecule is CC(CNC(=O)C(O)(c1ccc(F)c(F)c1)c1ccc(F)c(F)c1)CN1CCC(C#N)(c2ccccc2)CC1. The highest BCUT2D eigenvalue weighted by molar-refractivity contribution is 5.90. The van der Waals surface area contributed by atoms with E-state index in [9.17, 15) is 32.7 Å². The maximum atomic E-state index is 14.0. The Kier molecular flexibility index (Phi) is 8.38. The molecule has 1 saturated heterocycles. The number of likely N-dealkylation sites (tertiary alicyclic amines) is 1. The summed E-state index contributed by atoms with van der Waals surface area (Å²) >= 11 is 0. The third-order valence-electron chi connectivity index (χ3n) is 7.43. The van der Waals surface area contributed by atoms with E-state index >= 15 is 0 Å². The van der Waals surface area contributed by atoms with Crippen molar-refractivity contribution in [3.8, 4) is 6.07 Å². The third kappa shape index (κ3) is 5.82. The van der Waals surface area contributed by atoms with Crippen molar-refractivity contribution in [2.24, 2.45) is 5.92 Å². The van der Waals surface area contributed by atoms with Gasteiger partial charge in [0.15, 0.2) is 28.9 Å². The summed E-state index contributed by atoms with van der Waals surface area (Å²) in [4.78, 5) is 15.5. The molecule has 9 heteroatoms. The molecule has 1 aliphatic heterocycles. The van der Waals surface area contributed by atoms with Crippen LogP contribution in [0, 0.1) is 40.5 Å². The van der Waals surface area contributed by atoms with Crippen LogP contribution in [0.5, 0.6) is 0 Å². The molecule has 0 radical (unpaired) electrons. The van der Waals surface area contributed by atoms with Crippen molar-refractivity contribution in [2.45, 2.75) is 30.8 Å². The average Bonchev–Trinajstić information content (AvgIpc) is 2.95. The number of hydrogen-bond acceptors (Lipinski definition) is 4. The Morgan fingerprint density at radius 3 is 2.00 bits per heavy atom. The van der Waals surface area contributed by atoms with Crippen LogP contribution in [-0.2, 0) is 15.8 Å². The fourth-order valence-electron chi connectivity index (χ4n) is 5.11. The van der Waals surface area contributed by atoms with Crippen LogP contribution < -0.4 is 5.32 Å². The monoisotopic (exact) mass is 539 g/mol. The second-order valence-corrected chi connectivity index (χ2v) is 10.1. The summed E-state index contributed by atoms with van der Waals surface area (Å²) in [5.41, 5.74) is -2.80. The highest BCUT2D eigenvalue weighted by atomic mass is 19.2. The van der Waals surface area contributed by atoms with E-state index in [1.807, 2.05) is 37.3 Å². The zero-order valence-corrected chi connectivity index (χ0v) is 21.4. The largest absolute Gasteiger partial charge is 0.372 e. The smallest absolute Gasteiger partial charge is 0.261 e. The summed E-state index contributed by atoms with van der Waals surface area (Å²) < 4.78 is 55.2. The van der Waals surface area contributed by atoms with Crippen molar-refractivity contribution in [2.75, 3.05) is 26.2 Å². The highest BCUT2D eigenvalue weighted by Crippen LogP contribution is 2.35. The summed E-state index contributed by atoms with van der Waals surface area (Å²) in [6.45, 7) is 4.00. The molecule has 1 fully saturated rings. The second-order valence-electron chi connectivity index (χ2n) is 10.1. The Balaban J connectivity index is 1.44. The van der Waals surface area contributed by atoms with E-state index in [-0.39, 0.29) is 23.6 Å². The Bertz CT molecular complexity index is 1320. The zero-order chi connectivity index (χ0) is 28.2. The van der Waals surface area contributed by atoms with Gasteiger partial charge in [0.25, 0.3) is 5.91 Å². The summed E-state index contributed by atoms with van der Waals surface area (Å²) in [6, 6.07) is 17.0. The van der Waals surface area contributed by atoms with Gasteiger partial charge in [-0.1, -0.05) is 49.4 Å². The molecule has 1 aliphatic rings. The van der Waals surface area contributed by atoms with Gasteiger partial charge in [-0.3, -0.25) is 4.79 Å². The predicted molar refractivity (Wildman–Crippen MR) is 137 cm³/mol. The quantitative estimate of drug-likeness (QED) is 0.404. The molecule has 0 spiro atoms. The lowest BCUT2D eigenvalue weighted by molar-refractivity contribution is -0.136. The van der Waals surface area contributed by atoms with Crippen molar-refractivity contribution >= 4 is 5.91 Å². The van der Waals surface area contributed by atoms with Gasteiger partial charge in [0, 0.05) is 24.2 Å². The highest BCUT2D eigenvalue weighted by Gasteiger charge is 2.41. The lowest BCUT2D eigenvalue weighted by Gasteiger charge is -2.38. The van der Waals surface area contributed by atoms with Crippen molar-refractivity contribution in [1.29, 1.82) is 5.26 Å². The first kappa shape index (κ1) is 28.3. The minimum atomic E-state index is -2.60. The molecule has 0 bridgehead atoms. The topological polar surface area (TPSA) is 76.4 Å². The first-order valence-corrected chi connectivity index (χ1v) is 12.7. The van der Waals surface area contributed by atoms with Gasteiger partial charge in [-0.15, -0.1) is 0 Å². The van der Waals surface area contributed by atoms with Crippen LogP contribution in [0.3, 0.4) is 0 Å². The number of nitriles is 1. The lowest BCUT2D eigenvalue weighted by Crippen LogP contribution is -2.48. The van der Waals surface area contributed by atoms with E-state index in [1.165, 1.54) is 0 Å². The van der Waals surface area contributed by atoms with Crippen LogP contribution in [0.2, 0.25) is 0 Å². The predicted octanol–water partition coefficient (Wildman–Crippen LogP) is 4.79. The van der Waals surface area contributed by atoms with E-state index in [4.69, 9.17) is 0 Å². The van der Waals surface area contributed by atoms with E-state index in [1.54, 1.807) is 0 Å². The summed E-state index contributed by atoms with van der Waals surface area (Å²) in [6.07, 6.45) is 1.33. The van der Waals surface area contributed by atoms with Crippen molar-refractivity contribution in [3.63, 3.8) is 0 Å². The summed E-state index contributed by atoms with van der Waals surface area (Å²) in [7, 11) is 0. The number of piperidine rings is 1. The number of benzene rings is 3. The van der Waals surface area contributed by atoms with Gasteiger partial charge < -0.3 is 15.3 Å². The summed E-state index contributed by atoms with van der Waals surface area (Å²) in [5.74, 6) is -6.05. The number of carbonyl (C=O) groups excluding carboxylic acids is 1. The maximum Gasteiger partial charge on any atom is 0.261 e. The molecule has 0 aromatic heterocycles. The van der Waals surface area contributed by atoms with Crippen LogP contribution in [0.4, 0.5) is 17.6 Å². The standard InChI is InChI=1S/C30H29F4N3O2/c1-20(18-37-13-11-29(19-35,12-14-37)21-5-3-2-4-6-21)17-36-28(38)30(39,22-7-9-24(31)26(33)15-22)23-8-10-25(32)27(34)16-23/h2-10,15-16,20,39H,11-14,17-18H2,1H3,(H,36,38). The minimum Gasteiger partial charge on any atom is -0.372 e. The molecule has 1 unspecified atom stereocenters. The van der Waals surface area contributed by atoms with Gasteiger partial charge in [-0.2, -0.15) is 5.26 Å². The number of nitrogens with one attached hydrogen (secondary N) is 1. The fraction of sp³-hybridized carbons (Fsp3) is 0.333. The summed E-state index contributed by atoms with van der Waals surface area (Å²) in [5, 5.41) is 24.0. The zero-order valence-electron chi connectivity index (χ0n) is 21.4. The number of aliphatic hydroxyl groups is 1. The van der Waals surface area contributed by atoms with Crippen molar-refractivity contribution < 1.29 is 27.5 Å². The maximum absolute atomic E-state index is 14.0. The fourth-order valence-corrected chi connectivity index (χ4v) is 5.11. The Hall–Kier alpha value is -3.74. The number of halogens is 4. The molecule has 1 heterocycles. The number of carbonyl (C=O) groups is 1. The number of nitrogens with zero attached hydrogens (tertiary/aromatic N) is 2. The average molecular weight is 540 g/mol. The van der Waals surface area contributed by atoms with E-state index in [2.05, 4.69) is 16.3 Å². The van der Waals surface area contributed by atoms with Crippen LogP contribution in [0.15, 0.2) is 66.7 Å². The molecular weight excluding hydrogens is 510 g/mol. The van der Waals surface area contributed by atoms with E-state index < -0.39 is 40.2 Å². The molecule has 2 N–H and O–H groups in total. The van der Waals surface area contributed by atoms with Gasteiger partial charge in [0.2, 0.25) is 0 Å². The van der Waals surface area contributed by atoms with Crippen molar-refractivity contribution in [1.82, 2.24) is 10.2 Å². The molecule has 5 nitrogen and oxygen atoms in total. The lowest BCUT2D eigenvalue weighted by atomic mass is 9.74. The van der Waals surface area contributed by atoms with Crippen LogP contribution in [0.25, 0.3) is 0 Å². The second kappa shape index (κ2) is 11.6. The molecule has 1 amide bonds. The normalized spacial score (nSPS) is 16.3. The van der Waals surface area contributed by atoms with Gasteiger partial charge >= 0.3 is 0 Å². The molecule has 4 rings (SSSR count). The molecule has 204 valence electrons. The number of amides is 1. The van der Waals surface area contributed by atoms with Gasteiger partial charge in [0.1, 0.15) is 0 Å². The van der Waals surface area contributed by atoms with Gasteiger partial charge in [-0.25, -0.2) is 17.6 Å². The number of rotatable bonds is 8. The number of hydrogen-bond donors (Lipinski definition) is 2. The van der Waals surface area contributed by atoms with Crippen molar-refractivity contribution in [3.05, 3.63) is 107 Å². The van der Waals surface area contributed by atoms with Gasteiger partial charge in [0.05, 0.1) is 11.5 Å². The van der Waals surface area contributed by atoms with Crippen LogP contribution >= 0.6 is 0 Å². The minimum absolute atomic E-state index is 0.0839. The first-order valence-electron chi connectivity index (χ1n) is 12.7. The Morgan fingerprint density at radius 2 is 1.51 bits per heavy atom.